The highest BCUT2D eigenvalue weighted by atomic mass is 16.7. The SMILES string of the molecule is CC/C=C\C/C=C\C/C=C\C/C=C\CCCCCCCCCCCCCCCCCCCCCCCCC(=O)NC(COC1OC(CO)C(OC2OC(CO)C(O)C(O)C2O)C(O)C1O)C(O)/C=C/CC/C=C/CCCCCCCCCCCCCCCCCCCCCCCCCCCCC. The molecular formula is C88H161NO13. The quantitative estimate of drug-likeness (QED) is 0.0204. The van der Waals surface area contributed by atoms with Crippen molar-refractivity contribution in [3.63, 3.8) is 0 Å². The topological polar surface area (TPSA) is 228 Å². The van der Waals surface area contributed by atoms with Crippen molar-refractivity contribution < 1.29 is 64.6 Å². The van der Waals surface area contributed by atoms with Crippen LogP contribution in [0, 0.1) is 0 Å². The highest BCUT2D eigenvalue weighted by Gasteiger charge is 2.51. The molecule has 2 saturated heterocycles. The number of carbonyl (C=O) groups is 1. The summed E-state index contributed by atoms with van der Waals surface area (Å²) in [5.41, 5.74) is 0. The van der Waals surface area contributed by atoms with Crippen molar-refractivity contribution in [3.8, 4) is 0 Å². The number of aliphatic hydroxyl groups is 8. The lowest BCUT2D eigenvalue weighted by atomic mass is 9.97. The van der Waals surface area contributed by atoms with E-state index in [1.54, 1.807) is 6.08 Å². The molecule has 0 aliphatic carbocycles. The van der Waals surface area contributed by atoms with Gasteiger partial charge in [0.25, 0.3) is 0 Å². The zero-order valence-corrected chi connectivity index (χ0v) is 65.6. The monoisotopic (exact) mass is 1440 g/mol. The molecule has 0 aromatic rings. The van der Waals surface area contributed by atoms with E-state index in [9.17, 15) is 45.6 Å². The molecule has 12 unspecified atom stereocenters. The van der Waals surface area contributed by atoms with Crippen LogP contribution in [0.15, 0.2) is 72.9 Å². The summed E-state index contributed by atoms with van der Waals surface area (Å²) in [4.78, 5) is 13.4. The van der Waals surface area contributed by atoms with E-state index in [-0.39, 0.29) is 18.9 Å². The standard InChI is InChI=1S/C88H161NO13/c1-3-5-7-9-11-13-15-17-19-21-23-25-27-29-31-33-35-37-38-40-42-44-46-48-50-52-54-56-58-60-62-64-66-68-70-72-80(93)89-76(75-99-87-85(98)83(96)86(79(74-91)101-87)102-88-84(97)82(95)81(94)78(73-90)100-88)77(92)71-69-67-65-63-61-59-57-55-53-51-49-47-45-43-41-39-36-34-32-30-28-26-24-22-20-18-16-14-12-10-8-6-4-2/h5,7,11,13,17,19,23,25,61,63,69,71,76-79,81-88,90-92,94-98H,3-4,6,8-10,12,14-16,18,20-22,24,26-60,62,64-68,70,72-75H2,1-2H3,(H,89,93)/b7-5-,13-11-,19-17-,25-23-,63-61+,71-69+. The van der Waals surface area contributed by atoms with Gasteiger partial charge < -0.3 is 65.1 Å². The number of nitrogens with one attached hydrogen (secondary N) is 1. The van der Waals surface area contributed by atoms with Gasteiger partial charge in [0.1, 0.15) is 48.8 Å². The highest BCUT2D eigenvalue weighted by Crippen LogP contribution is 2.30. The minimum absolute atomic E-state index is 0.243. The molecule has 0 bridgehead atoms. The van der Waals surface area contributed by atoms with Gasteiger partial charge in [0.2, 0.25) is 5.91 Å². The van der Waals surface area contributed by atoms with Crippen LogP contribution in [0.2, 0.25) is 0 Å². The van der Waals surface area contributed by atoms with Gasteiger partial charge in [-0.3, -0.25) is 4.79 Å². The fourth-order valence-electron chi connectivity index (χ4n) is 14.1. The maximum atomic E-state index is 13.4. The van der Waals surface area contributed by atoms with E-state index in [1.807, 2.05) is 6.08 Å². The van der Waals surface area contributed by atoms with Crippen LogP contribution in [-0.2, 0) is 23.7 Å². The first-order valence-corrected chi connectivity index (χ1v) is 43.2. The third kappa shape index (κ3) is 53.3. The van der Waals surface area contributed by atoms with E-state index >= 15 is 0 Å². The molecule has 1 amide bonds. The van der Waals surface area contributed by atoms with Crippen molar-refractivity contribution in [2.75, 3.05) is 19.8 Å². The molecule has 2 aliphatic heterocycles. The van der Waals surface area contributed by atoms with Gasteiger partial charge in [-0.15, -0.1) is 0 Å². The highest BCUT2D eigenvalue weighted by molar-refractivity contribution is 5.76. The Kier molecular flexibility index (Phi) is 66.8. The predicted molar refractivity (Wildman–Crippen MR) is 424 cm³/mol. The van der Waals surface area contributed by atoms with Gasteiger partial charge in [-0.1, -0.05) is 382 Å². The van der Waals surface area contributed by atoms with Crippen LogP contribution in [-0.4, -0.2) is 140 Å². The van der Waals surface area contributed by atoms with Crippen LogP contribution in [0.1, 0.15) is 386 Å². The Labute approximate surface area is 625 Å². The van der Waals surface area contributed by atoms with Crippen LogP contribution < -0.4 is 5.32 Å². The summed E-state index contributed by atoms with van der Waals surface area (Å²) in [5.74, 6) is -0.243. The zero-order valence-electron chi connectivity index (χ0n) is 65.6. The van der Waals surface area contributed by atoms with Crippen LogP contribution in [0.3, 0.4) is 0 Å². The average Bonchev–Trinajstić information content (AvgIpc) is 0.790. The van der Waals surface area contributed by atoms with Crippen LogP contribution in [0.4, 0.5) is 0 Å². The molecule has 2 aliphatic rings. The zero-order chi connectivity index (χ0) is 73.7. The Bertz CT molecular complexity index is 1990. The summed E-state index contributed by atoms with van der Waals surface area (Å²) in [6.07, 6.45) is 83.0. The van der Waals surface area contributed by atoms with Crippen molar-refractivity contribution in [1.29, 1.82) is 0 Å². The van der Waals surface area contributed by atoms with Gasteiger partial charge in [-0.2, -0.15) is 0 Å². The normalized spacial score (nSPS) is 22.0. The molecule has 2 rings (SSSR count). The molecule has 2 fully saturated rings. The first-order chi connectivity index (χ1) is 50.1. The fraction of sp³-hybridized carbons (Fsp3) is 0.852. The molecule has 14 heteroatoms. The third-order valence-electron chi connectivity index (χ3n) is 20.9. The molecule has 14 nitrogen and oxygen atoms in total. The molecule has 0 spiro atoms. The van der Waals surface area contributed by atoms with E-state index in [0.717, 1.165) is 57.8 Å². The minimum atomic E-state index is -1.79. The number of aliphatic hydroxyl groups excluding tert-OH is 8. The average molecular weight is 1440 g/mol. The van der Waals surface area contributed by atoms with E-state index in [1.165, 1.54) is 295 Å². The minimum Gasteiger partial charge on any atom is -0.394 e. The van der Waals surface area contributed by atoms with Gasteiger partial charge in [0, 0.05) is 6.42 Å². The van der Waals surface area contributed by atoms with E-state index in [4.69, 9.17) is 18.9 Å². The molecular weight excluding hydrogens is 1280 g/mol. The van der Waals surface area contributed by atoms with E-state index < -0.39 is 86.8 Å². The molecule has 102 heavy (non-hydrogen) atoms. The lowest BCUT2D eigenvalue weighted by molar-refractivity contribution is -0.359. The van der Waals surface area contributed by atoms with Crippen molar-refractivity contribution >= 4 is 5.91 Å². The number of allylic oxidation sites excluding steroid dienone is 11. The Morgan fingerprint density at radius 2 is 0.686 bits per heavy atom. The lowest BCUT2D eigenvalue weighted by Gasteiger charge is -2.46. The van der Waals surface area contributed by atoms with Gasteiger partial charge in [-0.05, 0) is 70.6 Å². The fourth-order valence-corrected chi connectivity index (χ4v) is 14.1. The number of carbonyl (C=O) groups excluding carboxylic acids is 1. The second-order valence-electron chi connectivity index (χ2n) is 30.3. The third-order valence-corrected chi connectivity index (χ3v) is 20.9. The molecule has 9 N–H and O–H groups in total. The number of unbranched alkanes of at least 4 members (excludes halogenated alkanes) is 50. The van der Waals surface area contributed by atoms with Gasteiger partial charge in [0.15, 0.2) is 12.6 Å². The summed E-state index contributed by atoms with van der Waals surface area (Å²) in [7, 11) is 0. The summed E-state index contributed by atoms with van der Waals surface area (Å²) < 4.78 is 22.9. The van der Waals surface area contributed by atoms with Crippen molar-refractivity contribution in [2.24, 2.45) is 0 Å². The van der Waals surface area contributed by atoms with Gasteiger partial charge >= 0.3 is 0 Å². The second-order valence-corrected chi connectivity index (χ2v) is 30.3. The van der Waals surface area contributed by atoms with Crippen molar-refractivity contribution in [2.45, 2.75) is 460 Å². The van der Waals surface area contributed by atoms with Crippen LogP contribution >= 0.6 is 0 Å². The number of hydrogen-bond acceptors (Lipinski definition) is 13. The molecule has 596 valence electrons. The number of hydrogen-bond donors (Lipinski definition) is 9. The Hall–Kier alpha value is -2.57. The molecule has 12 atom stereocenters. The molecule has 0 aromatic carbocycles. The van der Waals surface area contributed by atoms with E-state index in [0.29, 0.717) is 12.8 Å². The molecule has 2 heterocycles. The number of ether oxygens (including phenoxy) is 4. The predicted octanol–water partition coefficient (Wildman–Crippen LogP) is 20.5. The number of rotatable bonds is 73. The van der Waals surface area contributed by atoms with E-state index in [2.05, 4.69) is 79.9 Å². The lowest BCUT2D eigenvalue weighted by Crippen LogP contribution is -2.65. The second kappa shape index (κ2) is 71.4. The van der Waals surface area contributed by atoms with Crippen LogP contribution in [0.25, 0.3) is 0 Å². The molecule has 0 aromatic heterocycles. The molecule has 0 radical (unpaired) electrons. The van der Waals surface area contributed by atoms with Crippen molar-refractivity contribution in [1.82, 2.24) is 5.32 Å². The maximum Gasteiger partial charge on any atom is 0.220 e. The number of amides is 1. The maximum absolute atomic E-state index is 13.4. The van der Waals surface area contributed by atoms with Crippen LogP contribution in [0.5, 0.6) is 0 Å². The smallest absolute Gasteiger partial charge is 0.220 e. The first kappa shape index (κ1) is 95.5. The Balaban J connectivity index is 1.59. The summed E-state index contributed by atoms with van der Waals surface area (Å²) in [5, 5.41) is 87.8. The first-order valence-electron chi connectivity index (χ1n) is 43.2. The van der Waals surface area contributed by atoms with Gasteiger partial charge in [-0.25, -0.2) is 0 Å². The Morgan fingerprint density at radius 1 is 0.363 bits per heavy atom. The van der Waals surface area contributed by atoms with Gasteiger partial charge in [0.05, 0.1) is 32.0 Å². The summed E-state index contributed by atoms with van der Waals surface area (Å²) >= 11 is 0. The molecule has 0 saturated carbocycles. The Morgan fingerprint density at radius 3 is 1.08 bits per heavy atom. The largest absolute Gasteiger partial charge is 0.394 e. The van der Waals surface area contributed by atoms with Crippen molar-refractivity contribution in [3.05, 3.63) is 72.9 Å². The summed E-state index contributed by atoms with van der Waals surface area (Å²) in [6.45, 7) is 2.73. The summed E-state index contributed by atoms with van der Waals surface area (Å²) in [6, 6.07) is -0.935.